The summed E-state index contributed by atoms with van der Waals surface area (Å²) in [5.74, 6) is -0.223. The van der Waals surface area contributed by atoms with Gasteiger partial charge in [-0.2, -0.15) is 13.2 Å². The van der Waals surface area contributed by atoms with Gasteiger partial charge < -0.3 is 10.2 Å². The Labute approximate surface area is 102 Å². The lowest BCUT2D eigenvalue weighted by Gasteiger charge is -2.25. The highest BCUT2D eigenvalue weighted by Crippen LogP contribution is 2.50. The van der Waals surface area contributed by atoms with Crippen LogP contribution < -0.4 is 5.32 Å². The highest BCUT2D eigenvalue weighted by Gasteiger charge is 2.63. The number of nitrogens with one attached hydrogen (secondary N) is 1. The number of hydrogen-bond donors (Lipinski definition) is 3. The minimum absolute atomic E-state index is 0.0421. The van der Waals surface area contributed by atoms with E-state index in [1.807, 2.05) is 0 Å². The molecule has 0 aromatic heterocycles. The predicted molar refractivity (Wildman–Crippen MR) is 59.3 cm³/mol. The summed E-state index contributed by atoms with van der Waals surface area (Å²) in [4.78, 5) is 0. The molecule has 1 saturated carbocycles. The van der Waals surface area contributed by atoms with E-state index >= 15 is 0 Å². The first kappa shape index (κ1) is 13.0. The largest absolute Gasteiger partial charge is 0.508 e. The second kappa shape index (κ2) is 4.05. The Kier molecular flexibility index (Phi) is 2.93. The molecule has 1 aromatic carbocycles. The maximum Gasteiger partial charge on any atom is 0.406 e. The first-order valence-corrected chi connectivity index (χ1v) is 5.61. The Hall–Kier alpha value is -1.43. The lowest BCUT2D eigenvalue weighted by Crippen LogP contribution is -2.45. The Morgan fingerprint density at radius 3 is 2.39 bits per heavy atom. The molecule has 0 radical (unpaired) electrons. The summed E-state index contributed by atoms with van der Waals surface area (Å²) in [6.45, 7) is 1.53. The van der Waals surface area contributed by atoms with Gasteiger partial charge in [-0.05, 0) is 38.0 Å². The molecule has 6 heteroatoms. The zero-order valence-corrected chi connectivity index (χ0v) is 9.75. The number of hydrogen-bond acceptors (Lipinski definition) is 3. The van der Waals surface area contributed by atoms with Crippen LogP contribution in [0.1, 0.15) is 31.4 Å². The van der Waals surface area contributed by atoms with E-state index in [4.69, 9.17) is 0 Å². The second-order valence-corrected chi connectivity index (χ2v) is 4.69. The molecule has 0 spiro atoms. The van der Waals surface area contributed by atoms with Gasteiger partial charge in [0.1, 0.15) is 17.0 Å². The lowest BCUT2D eigenvalue weighted by atomic mass is 10.0. The van der Waals surface area contributed by atoms with E-state index in [1.54, 1.807) is 0 Å². The molecule has 100 valence electrons. The monoisotopic (exact) mass is 261 g/mol. The van der Waals surface area contributed by atoms with Crippen LogP contribution in [0.25, 0.3) is 0 Å². The molecule has 0 bridgehead atoms. The van der Waals surface area contributed by atoms with Crippen LogP contribution in [0.15, 0.2) is 18.2 Å². The van der Waals surface area contributed by atoms with Gasteiger partial charge >= 0.3 is 6.18 Å². The van der Waals surface area contributed by atoms with Crippen LogP contribution in [0.4, 0.5) is 13.2 Å². The fourth-order valence-electron chi connectivity index (χ4n) is 2.02. The summed E-state index contributed by atoms with van der Waals surface area (Å²) >= 11 is 0. The minimum atomic E-state index is -4.30. The van der Waals surface area contributed by atoms with E-state index in [1.165, 1.54) is 25.1 Å². The van der Waals surface area contributed by atoms with Crippen LogP contribution in [0.5, 0.6) is 11.5 Å². The Bertz CT molecular complexity index is 455. The first-order valence-electron chi connectivity index (χ1n) is 5.61. The molecular weight excluding hydrogens is 247 g/mol. The number of rotatable bonds is 3. The van der Waals surface area contributed by atoms with E-state index in [-0.39, 0.29) is 29.9 Å². The molecule has 1 unspecified atom stereocenters. The van der Waals surface area contributed by atoms with Crippen LogP contribution in [0.3, 0.4) is 0 Å². The molecule has 1 aliphatic rings. The van der Waals surface area contributed by atoms with Crippen molar-refractivity contribution >= 4 is 0 Å². The van der Waals surface area contributed by atoms with Crippen LogP contribution in [0.2, 0.25) is 0 Å². The highest BCUT2D eigenvalue weighted by atomic mass is 19.4. The molecule has 3 nitrogen and oxygen atoms in total. The van der Waals surface area contributed by atoms with Crippen LogP contribution in [-0.2, 0) is 0 Å². The predicted octanol–water partition coefficient (Wildman–Crippen LogP) is 2.84. The average molecular weight is 261 g/mol. The van der Waals surface area contributed by atoms with Crippen molar-refractivity contribution in [3.63, 3.8) is 0 Å². The molecule has 0 aliphatic heterocycles. The van der Waals surface area contributed by atoms with Gasteiger partial charge in [0.2, 0.25) is 0 Å². The molecule has 3 N–H and O–H groups in total. The van der Waals surface area contributed by atoms with Gasteiger partial charge in [0, 0.05) is 11.6 Å². The SMILES string of the molecule is CC(NC1(C(F)(F)F)CC1)c1cc(O)ccc1O. The van der Waals surface area contributed by atoms with Gasteiger partial charge in [0.05, 0.1) is 0 Å². The summed E-state index contributed by atoms with van der Waals surface area (Å²) in [6, 6.07) is 3.11. The quantitative estimate of drug-likeness (QED) is 0.733. The van der Waals surface area contributed by atoms with Crippen molar-refractivity contribution in [1.82, 2.24) is 5.32 Å². The van der Waals surface area contributed by atoms with Gasteiger partial charge in [-0.15, -0.1) is 0 Å². The summed E-state index contributed by atoms with van der Waals surface area (Å²) < 4.78 is 38.3. The minimum Gasteiger partial charge on any atom is -0.508 e. The van der Waals surface area contributed by atoms with E-state index in [2.05, 4.69) is 5.32 Å². The number of phenols is 2. The van der Waals surface area contributed by atoms with Crippen LogP contribution in [0, 0.1) is 0 Å². The number of halogens is 3. The van der Waals surface area contributed by atoms with E-state index in [9.17, 15) is 23.4 Å². The summed E-state index contributed by atoms with van der Waals surface area (Å²) in [5, 5.41) is 21.4. The fraction of sp³-hybridized carbons (Fsp3) is 0.500. The average Bonchev–Trinajstić information content (AvgIpc) is 3.01. The van der Waals surface area contributed by atoms with Crippen molar-refractivity contribution in [2.45, 2.75) is 37.5 Å². The lowest BCUT2D eigenvalue weighted by molar-refractivity contribution is -0.167. The van der Waals surface area contributed by atoms with E-state index in [0.29, 0.717) is 0 Å². The van der Waals surface area contributed by atoms with Gasteiger partial charge in [-0.3, -0.25) is 5.32 Å². The Morgan fingerprint density at radius 2 is 1.89 bits per heavy atom. The highest BCUT2D eigenvalue weighted by molar-refractivity contribution is 5.40. The Balaban J connectivity index is 2.18. The number of aromatic hydroxyl groups is 2. The van der Waals surface area contributed by atoms with Gasteiger partial charge in [-0.1, -0.05) is 0 Å². The van der Waals surface area contributed by atoms with Gasteiger partial charge in [0.25, 0.3) is 0 Å². The van der Waals surface area contributed by atoms with Crippen LogP contribution in [-0.4, -0.2) is 21.9 Å². The molecular formula is C12H14F3NO2. The molecule has 0 heterocycles. The summed E-state index contributed by atoms with van der Waals surface area (Å²) in [5.41, 5.74) is -1.59. The molecule has 1 atom stereocenters. The van der Waals surface area contributed by atoms with Crippen LogP contribution >= 0.6 is 0 Å². The number of alkyl halides is 3. The van der Waals surface area contributed by atoms with Crippen molar-refractivity contribution < 1.29 is 23.4 Å². The van der Waals surface area contributed by atoms with Crippen molar-refractivity contribution in [1.29, 1.82) is 0 Å². The fourth-order valence-corrected chi connectivity index (χ4v) is 2.02. The van der Waals surface area contributed by atoms with Crippen molar-refractivity contribution in [2.75, 3.05) is 0 Å². The molecule has 18 heavy (non-hydrogen) atoms. The second-order valence-electron chi connectivity index (χ2n) is 4.69. The summed E-state index contributed by atoms with van der Waals surface area (Å²) in [7, 11) is 0. The maximum atomic E-state index is 12.8. The van der Waals surface area contributed by atoms with Crippen molar-refractivity contribution in [3.8, 4) is 11.5 Å². The maximum absolute atomic E-state index is 12.8. The molecule has 0 saturated heterocycles. The topological polar surface area (TPSA) is 52.5 Å². The third-order valence-electron chi connectivity index (χ3n) is 3.26. The molecule has 1 aromatic rings. The van der Waals surface area contributed by atoms with Gasteiger partial charge in [-0.25, -0.2) is 0 Å². The zero-order chi connectivity index (χ0) is 13.6. The number of benzene rings is 1. The molecule has 2 rings (SSSR count). The van der Waals surface area contributed by atoms with Gasteiger partial charge in [0.15, 0.2) is 0 Å². The third-order valence-corrected chi connectivity index (χ3v) is 3.26. The molecule has 1 aliphatic carbocycles. The summed E-state index contributed by atoms with van der Waals surface area (Å²) in [6.07, 6.45) is -4.21. The zero-order valence-electron chi connectivity index (χ0n) is 9.75. The molecule has 1 fully saturated rings. The normalized spacial score (nSPS) is 19.6. The van der Waals surface area contributed by atoms with Crippen molar-refractivity contribution in [3.05, 3.63) is 23.8 Å². The standard InChI is InChI=1S/C12H14F3NO2/c1-7(9-6-8(17)2-3-10(9)18)16-11(4-5-11)12(13,14)15/h2-3,6-7,16-18H,4-5H2,1H3. The number of phenolic OH excluding ortho intramolecular Hbond substituents is 2. The first-order chi connectivity index (χ1) is 8.25. The third kappa shape index (κ3) is 2.25. The smallest absolute Gasteiger partial charge is 0.406 e. The van der Waals surface area contributed by atoms with E-state index < -0.39 is 17.8 Å². The van der Waals surface area contributed by atoms with Crippen molar-refractivity contribution in [2.24, 2.45) is 0 Å². The Morgan fingerprint density at radius 1 is 1.28 bits per heavy atom. The van der Waals surface area contributed by atoms with E-state index in [0.717, 1.165) is 0 Å². The molecule has 0 amide bonds.